The summed E-state index contributed by atoms with van der Waals surface area (Å²) in [5.74, 6) is 0.681. The molecule has 0 aromatic rings. The van der Waals surface area contributed by atoms with Crippen molar-refractivity contribution in [1.29, 1.82) is 5.41 Å². The third kappa shape index (κ3) is 4.13. The summed E-state index contributed by atoms with van der Waals surface area (Å²) in [4.78, 5) is 5.66. The van der Waals surface area contributed by atoms with Gasteiger partial charge in [0, 0.05) is 25.9 Å². The van der Waals surface area contributed by atoms with E-state index >= 15 is 0 Å². The normalized spacial score (nSPS) is 12.1. The van der Waals surface area contributed by atoms with Crippen LogP contribution in [0.25, 0.3) is 0 Å². The number of rotatable bonds is 3. The summed E-state index contributed by atoms with van der Waals surface area (Å²) in [7, 11) is 3.70. The fourth-order valence-electron chi connectivity index (χ4n) is 0.552. The first kappa shape index (κ1) is 9.68. The molecule has 0 rings (SSSR count). The van der Waals surface area contributed by atoms with Gasteiger partial charge in [0.05, 0.1) is 6.34 Å². The first-order valence-corrected chi connectivity index (χ1v) is 3.26. The standard InChI is InChI=1S/C7H14N4/c1-6(9)4-7(10-5-8)11(2)3/h4-5,9H,1-3H3,(H2,8,10)/b7-4-,9-6?. The Kier molecular flexibility index (Phi) is 3.95. The van der Waals surface area contributed by atoms with Crippen LogP contribution in [0.5, 0.6) is 0 Å². The van der Waals surface area contributed by atoms with Crippen LogP contribution in [0.1, 0.15) is 6.92 Å². The van der Waals surface area contributed by atoms with Gasteiger partial charge >= 0.3 is 0 Å². The maximum absolute atomic E-state index is 7.18. The van der Waals surface area contributed by atoms with E-state index in [4.69, 9.17) is 11.1 Å². The lowest BCUT2D eigenvalue weighted by Crippen LogP contribution is -2.11. The fraction of sp³-hybridized carbons (Fsp3) is 0.429. The Morgan fingerprint density at radius 3 is 2.36 bits per heavy atom. The second-order valence-corrected chi connectivity index (χ2v) is 2.36. The second kappa shape index (κ2) is 4.49. The average Bonchev–Trinajstić information content (AvgIpc) is 1.86. The van der Waals surface area contributed by atoms with Crippen LogP contribution < -0.4 is 5.73 Å². The van der Waals surface area contributed by atoms with E-state index < -0.39 is 0 Å². The highest BCUT2D eigenvalue weighted by molar-refractivity contribution is 5.90. The van der Waals surface area contributed by atoms with E-state index in [0.29, 0.717) is 11.5 Å². The molecular weight excluding hydrogens is 140 g/mol. The molecule has 11 heavy (non-hydrogen) atoms. The summed E-state index contributed by atoms with van der Waals surface area (Å²) in [6.07, 6.45) is 2.86. The molecule has 0 amide bonds. The lowest BCUT2D eigenvalue weighted by molar-refractivity contribution is 0.508. The third-order valence-electron chi connectivity index (χ3n) is 1.01. The van der Waals surface area contributed by atoms with Crippen LogP contribution in [0.15, 0.2) is 16.9 Å². The molecule has 0 fully saturated rings. The van der Waals surface area contributed by atoms with Gasteiger partial charge in [-0.05, 0) is 6.92 Å². The minimum Gasteiger partial charge on any atom is -0.390 e. The Bertz CT molecular complexity index is 191. The lowest BCUT2D eigenvalue weighted by atomic mass is 10.4. The highest BCUT2D eigenvalue weighted by Gasteiger charge is 1.94. The predicted octanol–water partition coefficient (Wildman–Crippen LogP) is 0.416. The Morgan fingerprint density at radius 2 is 2.09 bits per heavy atom. The van der Waals surface area contributed by atoms with Gasteiger partial charge in [-0.1, -0.05) is 0 Å². The predicted molar refractivity (Wildman–Crippen MR) is 47.9 cm³/mol. The number of allylic oxidation sites excluding steroid dienone is 1. The van der Waals surface area contributed by atoms with Gasteiger partial charge in [-0.2, -0.15) is 0 Å². The van der Waals surface area contributed by atoms with Crippen molar-refractivity contribution in [2.45, 2.75) is 6.92 Å². The molecule has 0 saturated carbocycles. The molecule has 0 radical (unpaired) electrons. The van der Waals surface area contributed by atoms with E-state index in [1.807, 2.05) is 14.1 Å². The van der Waals surface area contributed by atoms with E-state index in [2.05, 4.69) is 4.99 Å². The highest BCUT2D eigenvalue weighted by atomic mass is 15.2. The van der Waals surface area contributed by atoms with E-state index in [-0.39, 0.29) is 0 Å². The zero-order chi connectivity index (χ0) is 8.85. The van der Waals surface area contributed by atoms with Gasteiger partial charge in [0.25, 0.3) is 0 Å². The van der Waals surface area contributed by atoms with Crippen LogP contribution in [0.4, 0.5) is 0 Å². The summed E-state index contributed by atoms with van der Waals surface area (Å²) >= 11 is 0. The summed E-state index contributed by atoms with van der Waals surface area (Å²) in [5.41, 5.74) is 5.57. The fourth-order valence-corrected chi connectivity index (χ4v) is 0.552. The molecule has 62 valence electrons. The molecule has 4 nitrogen and oxygen atoms in total. The van der Waals surface area contributed by atoms with Crippen LogP contribution in [0, 0.1) is 5.41 Å². The van der Waals surface area contributed by atoms with Crippen molar-refractivity contribution in [1.82, 2.24) is 4.90 Å². The van der Waals surface area contributed by atoms with E-state index in [0.717, 1.165) is 0 Å². The zero-order valence-electron chi connectivity index (χ0n) is 7.13. The number of hydrogen-bond acceptors (Lipinski definition) is 3. The van der Waals surface area contributed by atoms with Crippen molar-refractivity contribution >= 4 is 12.1 Å². The Labute approximate surface area is 66.9 Å². The van der Waals surface area contributed by atoms with Gasteiger partial charge in [-0.15, -0.1) is 0 Å². The molecule has 0 aromatic heterocycles. The molecule has 0 aromatic carbocycles. The molecule has 0 spiro atoms. The van der Waals surface area contributed by atoms with Gasteiger partial charge in [0.1, 0.15) is 5.82 Å². The first-order chi connectivity index (χ1) is 5.07. The number of aliphatic imine (C=N–C) groups is 1. The van der Waals surface area contributed by atoms with Crippen molar-refractivity contribution in [2.75, 3.05) is 14.1 Å². The van der Waals surface area contributed by atoms with E-state index in [1.165, 1.54) is 6.34 Å². The van der Waals surface area contributed by atoms with Gasteiger partial charge in [-0.25, -0.2) is 4.99 Å². The zero-order valence-corrected chi connectivity index (χ0v) is 7.13. The van der Waals surface area contributed by atoms with Gasteiger partial charge in [-0.3, -0.25) is 0 Å². The number of nitrogens with zero attached hydrogens (tertiary/aromatic N) is 2. The molecule has 0 aliphatic heterocycles. The lowest BCUT2D eigenvalue weighted by Gasteiger charge is -2.11. The molecule has 4 heteroatoms. The molecule has 0 atom stereocenters. The topological polar surface area (TPSA) is 65.5 Å². The molecule has 3 N–H and O–H groups in total. The Hall–Kier alpha value is -1.32. The number of nitrogens with two attached hydrogens (primary N) is 1. The van der Waals surface area contributed by atoms with Gasteiger partial charge in [0.15, 0.2) is 0 Å². The van der Waals surface area contributed by atoms with Crippen LogP contribution in [0.2, 0.25) is 0 Å². The van der Waals surface area contributed by atoms with Crippen molar-refractivity contribution in [2.24, 2.45) is 10.7 Å². The Balaban J connectivity index is 4.46. The van der Waals surface area contributed by atoms with Gasteiger partial charge in [0.2, 0.25) is 0 Å². The van der Waals surface area contributed by atoms with Crippen molar-refractivity contribution in [3.8, 4) is 0 Å². The van der Waals surface area contributed by atoms with Crippen molar-refractivity contribution < 1.29 is 0 Å². The monoisotopic (exact) mass is 154 g/mol. The smallest absolute Gasteiger partial charge is 0.131 e. The molecule has 0 heterocycles. The number of hydrogen-bond donors (Lipinski definition) is 2. The minimum atomic E-state index is 0.458. The summed E-state index contributed by atoms with van der Waals surface area (Å²) in [5, 5.41) is 7.18. The largest absolute Gasteiger partial charge is 0.390 e. The molecule has 0 saturated heterocycles. The molecular formula is C7H14N4. The molecule has 0 bridgehead atoms. The van der Waals surface area contributed by atoms with Crippen LogP contribution in [0.3, 0.4) is 0 Å². The summed E-state index contributed by atoms with van der Waals surface area (Å²) in [6, 6.07) is 0. The van der Waals surface area contributed by atoms with Crippen molar-refractivity contribution in [3.63, 3.8) is 0 Å². The quantitative estimate of drug-likeness (QED) is 0.457. The molecule has 0 unspecified atom stereocenters. The average molecular weight is 154 g/mol. The second-order valence-electron chi connectivity index (χ2n) is 2.36. The third-order valence-corrected chi connectivity index (χ3v) is 1.01. The van der Waals surface area contributed by atoms with Crippen LogP contribution >= 0.6 is 0 Å². The van der Waals surface area contributed by atoms with Gasteiger partial charge < -0.3 is 16.0 Å². The molecule has 0 aliphatic rings. The maximum atomic E-state index is 7.18. The first-order valence-electron chi connectivity index (χ1n) is 3.26. The van der Waals surface area contributed by atoms with Crippen molar-refractivity contribution in [3.05, 3.63) is 11.9 Å². The van der Waals surface area contributed by atoms with Crippen LogP contribution in [-0.2, 0) is 0 Å². The van der Waals surface area contributed by atoms with Crippen LogP contribution in [-0.4, -0.2) is 31.0 Å². The summed E-state index contributed by atoms with van der Waals surface area (Å²) in [6.45, 7) is 1.69. The number of nitrogens with one attached hydrogen (secondary N) is 1. The highest BCUT2D eigenvalue weighted by Crippen LogP contribution is 1.98. The maximum Gasteiger partial charge on any atom is 0.131 e. The summed E-state index contributed by atoms with van der Waals surface area (Å²) < 4.78 is 0. The van der Waals surface area contributed by atoms with E-state index in [9.17, 15) is 0 Å². The SMILES string of the molecule is CC(=N)/C=C(/N=C\N)N(C)C. The Morgan fingerprint density at radius 1 is 1.55 bits per heavy atom. The van der Waals surface area contributed by atoms with E-state index in [1.54, 1.807) is 17.9 Å². The minimum absolute atomic E-state index is 0.458. The molecule has 0 aliphatic carbocycles.